The van der Waals surface area contributed by atoms with E-state index in [0.717, 1.165) is 109 Å². The lowest BCUT2D eigenvalue weighted by molar-refractivity contribution is -0.167. The van der Waals surface area contributed by atoms with E-state index in [1.807, 2.05) is 0 Å². The molecule has 68 heavy (non-hydrogen) atoms. The molecule has 0 aromatic carbocycles. The Morgan fingerprint density at radius 3 is 0.971 bits per heavy atom. The molecule has 0 spiro atoms. The van der Waals surface area contributed by atoms with Crippen molar-refractivity contribution in [3.8, 4) is 0 Å². The third-order valence-electron chi connectivity index (χ3n) is 11.5. The lowest BCUT2D eigenvalue weighted by atomic mass is 10.1. The molecule has 0 aromatic heterocycles. The van der Waals surface area contributed by atoms with E-state index < -0.39 is 6.10 Å². The summed E-state index contributed by atoms with van der Waals surface area (Å²) in [6, 6.07) is 0. The summed E-state index contributed by atoms with van der Waals surface area (Å²) in [5.41, 5.74) is 0. The smallest absolute Gasteiger partial charge is 0.306 e. The van der Waals surface area contributed by atoms with Crippen LogP contribution in [0.4, 0.5) is 0 Å². The van der Waals surface area contributed by atoms with Crippen molar-refractivity contribution in [2.45, 2.75) is 252 Å². The highest BCUT2D eigenvalue weighted by Gasteiger charge is 2.19. The molecule has 6 nitrogen and oxygen atoms in total. The van der Waals surface area contributed by atoms with Gasteiger partial charge in [-0.15, -0.1) is 0 Å². The second-order valence-electron chi connectivity index (χ2n) is 18.1. The molecular weight excluding hydrogens is 841 g/mol. The van der Waals surface area contributed by atoms with Gasteiger partial charge in [-0.2, -0.15) is 0 Å². The van der Waals surface area contributed by atoms with Gasteiger partial charge in [0.2, 0.25) is 0 Å². The van der Waals surface area contributed by atoms with Gasteiger partial charge in [0.25, 0.3) is 0 Å². The molecule has 386 valence electrons. The minimum atomic E-state index is -0.811. The van der Waals surface area contributed by atoms with Gasteiger partial charge in [-0.3, -0.25) is 14.4 Å². The van der Waals surface area contributed by atoms with Crippen LogP contribution in [-0.4, -0.2) is 37.2 Å². The van der Waals surface area contributed by atoms with E-state index >= 15 is 0 Å². The Labute approximate surface area is 419 Å². The fourth-order valence-corrected chi connectivity index (χ4v) is 7.37. The summed E-state index contributed by atoms with van der Waals surface area (Å²) in [6.45, 7) is 6.35. The molecule has 1 atom stereocenters. The van der Waals surface area contributed by atoms with E-state index in [2.05, 4.69) is 130 Å². The number of carbonyl (C=O) groups excluding carboxylic acids is 3. The Kier molecular flexibility index (Phi) is 52.4. The van der Waals surface area contributed by atoms with Crippen LogP contribution in [0.3, 0.4) is 0 Å². The van der Waals surface area contributed by atoms with E-state index in [0.29, 0.717) is 19.3 Å². The molecule has 0 bridgehead atoms. The number of ether oxygens (including phenoxy) is 3. The highest BCUT2D eigenvalue weighted by molar-refractivity contribution is 5.71. The fraction of sp³-hybridized carbons (Fsp3) is 0.661. The second kappa shape index (κ2) is 55.7. The first-order valence-corrected chi connectivity index (χ1v) is 27.9. The van der Waals surface area contributed by atoms with E-state index in [9.17, 15) is 14.4 Å². The van der Waals surface area contributed by atoms with E-state index in [4.69, 9.17) is 14.2 Å². The zero-order valence-electron chi connectivity index (χ0n) is 44.1. The summed E-state index contributed by atoms with van der Waals surface area (Å²) in [5.74, 6) is -0.983. The lowest BCUT2D eigenvalue weighted by Crippen LogP contribution is -2.30. The normalized spacial score (nSPS) is 12.9. The number of esters is 3. The van der Waals surface area contributed by atoms with Crippen LogP contribution in [0.1, 0.15) is 245 Å². The number of carbonyl (C=O) groups is 3. The molecule has 0 saturated heterocycles. The average molecular weight is 943 g/mol. The Morgan fingerprint density at radius 1 is 0.309 bits per heavy atom. The maximum Gasteiger partial charge on any atom is 0.306 e. The van der Waals surface area contributed by atoms with Crippen molar-refractivity contribution in [1.29, 1.82) is 0 Å². The number of hydrogen-bond acceptors (Lipinski definition) is 6. The van der Waals surface area contributed by atoms with Crippen LogP contribution in [0.25, 0.3) is 0 Å². The lowest BCUT2D eigenvalue weighted by Gasteiger charge is -2.18. The summed E-state index contributed by atoms with van der Waals surface area (Å²) in [7, 11) is 0. The summed E-state index contributed by atoms with van der Waals surface area (Å²) in [6.07, 6.45) is 75.1. The zero-order chi connectivity index (χ0) is 49.3. The first-order valence-electron chi connectivity index (χ1n) is 27.9. The van der Waals surface area contributed by atoms with Gasteiger partial charge in [-0.1, -0.05) is 220 Å². The predicted octanol–water partition coefficient (Wildman–Crippen LogP) is 18.7. The highest BCUT2D eigenvalue weighted by Crippen LogP contribution is 2.14. The molecule has 1 unspecified atom stereocenters. The van der Waals surface area contributed by atoms with E-state index in [1.54, 1.807) is 0 Å². The fourth-order valence-electron chi connectivity index (χ4n) is 7.37. The Balaban J connectivity index is 4.51. The zero-order valence-corrected chi connectivity index (χ0v) is 44.1. The van der Waals surface area contributed by atoms with Crippen molar-refractivity contribution in [3.63, 3.8) is 0 Å². The second-order valence-corrected chi connectivity index (χ2v) is 18.1. The van der Waals surface area contributed by atoms with Crippen molar-refractivity contribution in [3.05, 3.63) is 109 Å². The van der Waals surface area contributed by atoms with Gasteiger partial charge in [0.1, 0.15) is 13.2 Å². The van der Waals surface area contributed by atoms with Crippen molar-refractivity contribution in [1.82, 2.24) is 0 Å². The quantitative estimate of drug-likeness (QED) is 0.0262. The average Bonchev–Trinajstić information content (AvgIpc) is 3.34. The van der Waals surface area contributed by atoms with Gasteiger partial charge in [0, 0.05) is 19.3 Å². The molecule has 0 fully saturated rings. The SMILES string of the molecule is CC/C=C\C/C=C\C/C=C\C/C=C\C/C=C\CCCC(=O)OCC(COC(=O)CCCCCCCC/C=C\C/C=C\C/C=C\CC)OC(=O)CCCCCCCCC/C=C\CCCCCCCC. The van der Waals surface area contributed by atoms with Gasteiger partial charge < -0.3 is 14.2 Å². The third-order valence-corrected chi connectivity index (χ3v) is 11.5. The Morgan fingerprint density at radius 2 is 0.588 bits per heavy atom. The first kappa shape index (κ1) is 64.1. The molecule has 0 radical (unpaired) electrons. The monoisotopic (exact) mass is 943 g/mol. The Hall–Kier alpha value is -3.93. The van der Waals surface area contributed by atoms with E-state index in [-0.39, 0.29) is 37.5 Å². The maximum absolute atomic E-state index is 12.8. The van der Waals surface area contributed by atoms with Crippen LogP contribution in [0.5, 0.6) is 0 Å². The van der Waals surface area contributed by atoms with Crippen LogP contribution in [0.2, 0.25) is 0 Å². The standard InChI is InChI=1S/C62H102O6/c1-4-7-10-13-16-19-22-25-28-31-34-37-40-43-46-49-52-55-61(64)67-58-59(57-66-60(63)54-51-48-45-42-39-36-33-30-27-24-21-18-15-12-9-6-3)68-62(65)56-53-50-47-44-41-38-35-32-29-26-23-20-17-14-11-8-5-2/h7,9-10,12,16,18-19,21,25-30,34,37,43,46,59H,4-6,8,11,13-15,17,20,22-24,31-33,35-36,38-42,44-45,47-58H2,1-3H3/b10-7-,12-9-,19-16-,21-18-,28-25-,29-26-,30-27-,37-34-,46-43-. The molecule has 0 rings (SSSR count). The summed E-state index contributed by atoms with van der Waals surface area (Å²) in [4.78, 5) is 38.1. The highest BCUT2D eigenvalue weighted by atomic mass is 16.6. The van der Waals surface area contributed by atoms with Crippen LogP contribution in [0.15, 0.2) is 109 Å². The predicted molar refractivity (Wildman–Crippen MR) is 293 cm³/mol. The minimum Gasteiger partial charge on any atom is -0.462 e. The minimum absolute atomic E-state index is 0.106. The van der Waals surface area contributed by atoms with E-state index in [1.165, 1.54) is 89.9 Å². The van der Waals surface area contributed by atoms with Crippen molar-refractivity contribution < 1.29 is 28.6 Å². The van der Waals surface area contributed by atoms with Gasteiger partial charge in [-0.25, -0.2) is 0 Å². The van der Waals surface area contributed by atoms with Crippen LogP contribution >= 0.6 is 0 Å². The first-order chi connectivity index (χ1) is 33.5. The number of rotatable bonds is 49. The van der Waals surface area contributed by atoms with Crippen LogP contribution < -0.4 is 0 Å². The van der Waals surface area contributed by atoms with Crippen molar-refractivity contribution >= 4 is 17.9 Å². The summed E-state index contributed by atoms with van der Waals surface area (Å²) >= 11 is 0. The number of allylic oxidation sites excluding steroid dienone is 18. The van der Waals surface area contributed by atoms with Gasteiger partial charge >= 0.3 is 17.9 Å². The molecule has 0 aliphatic rings. The molecule has 0 saturated carbocycles. The molecule has 0 N–H and O–H groups in total. The summed E-state index contributed by atoms with van der Waals surface area (Å²) in [5, 5.41) is 0. The van der Waals surface area contributed by atoms with Gasteiger partial charge in [-0.05, 0) is 116 Å². The molecular formula is C62H102O6. The van der Waals surface area contributed by atoms with Crippen molar-refractivity contribution in [2.75, 3.05) is 13.2 Å². The molecule has 0 aliphatic heterocycles. The third kappa shape index (κ3) is 53.0. The molecule has 0 amide bonds. The topological polar surface area (TPSA) is 78.9 Å². The maximum atomic E-state index is 12.8. The molecule has 0 aromatic rings. The number of hydrogen-bond donors (Lipinski definition) is 0. The number of unbranched alkanes of at least 4 members (excludes halogenated alkanes) is 20. The van der Waals surface area contributed by atoms with Gasteiger partial charge in [0.15, 0.2) is 6.10 Å². The molecule has 6 heteroatoms. The summed E-state index contributed by atoms with van der Waals surface area (Å²) < 4.78 is 16.8. The molecule has 0 heterocycles. The van der Waals surface area contributed by atoms with Crippen LogP contribution in [0, 0.1) is 0 Å². The van der Waals surface area contributed by atoms with Gasteiger partial charge in [0.05, 0.1) is 0 Å². The largest absolute Gasteiger partial charge is 0.462 e. The molecule has 0 aliphatic carbocycles. The Bertz CT molecular complexity index is 1410. The van der Waals surface area contributed by atoms with Crippen molar-refractivity contribution in [2.24, 2.45) is 0 Å². The van der Waals surface area contributed by atoms with Crippen LogP contribution in [-0.2, 0) is 28.6 Å².